The summed E-state index contributed by atoms with van der Waals surface area (Å²) >= 11 is 0. The Bertz CT molecular complexity index is 403. The fourth-order valence-corrected chi connectivity index (χ4v) is 2.54. The molecule has 1 saturated carbocycles. The van der Waals surface area contributed by atoms with Crippen molar-refractivity contribution in [2.24, 2.45) is 11.7 Å². The van der Waals surface area contributed by atoms with E-state index in [1.807, 2.05) is 6.07 Å². The topological polar surface area (TPSA) is 55.5 Å². The summed E-state index contributed by atoms with van der Waals surface area (Å²) in [4.78, 5) is 0. The molecule has 1 aromatic rings. The second kappa shape index (κ2) is 6.46. The van der Waals surface area contributed by atoms with E-state index in [0.717, 1.165) is 25.7 Å². The molecule has 0 unspecified atom stereocenters. The summed E-state index contributed by atoms with van der Waals surface area (Å²) in [5, 5.41) is 10.0. The van der Waals surface area contributed by atoms with Crippen molar-refractivity contribution in [2.45, 2.75) is 37.9 Å². The van der Waals surface area contributed by atoms with Crippen LogP contribution in [0.15, 0.2) is 24.3 Å². The van der Waals surface area contributed by atoms with Crippen molar-refractivity contribution in [3.8, 4) is 0 Å². The summed E-state index contributed by atoms with van der Waals surface area (Å²) < 4.78 is 19.0. The molecular weight excluding hydrogens is 245 g/mol. The summed E-state index contributed by atoms with van der Waals surface area (Å²) in [6.07, 6.45) is 3.31. The predicted molar refractivity (Wildman–Crippen MR) is 72.0 cm³/mol. The Morgan fingerprint density at radius 2 is 2.00 bits per heavy atom. The molecule has 0 spiro atoms. The molecular formula is C15H22FNO2. The highest BCUT2D eigenvalue weighted by atomic mass is 19.1. The molecule has 1 aromatic carbocycles. The van der Waals surface area contributed by atoms with E-state index in [9.17, 15) is 9.50 Å². The van der Waals surface area contributed by atoms with Crippen molar-refractivity contribution in [1.82, 2.24) is 0 Å². The highest BCUT2D eigenvalue weighted by Crippen LogP contribution is 2.31. The molecule has 106 valence electrons. The minimum absolute atomic E-state index is 0.219. The zero-order valence-electron chi connectivity index (χ0n) is 11.1. The molecule has 3 N–H and O–H groups in total. The van der Waals surface area contributed by atoms with Gasteiger partial charge in [-0.2, -0.15) is 0 Å². The third-order valence-electron chi connectivity index (χ3n) is 3.98. The molecule has 1 aliphatic rings. The van der Waals surface area contributed by atoms with Crippen molar-refractivity contribution in [2.75, 3.05) is 13.2 Å². The largest absolute Gasteiger partial charge is 0.389 e. The fraction of sp³-hybridized carbons (Fsp3) is 0.600. The Morgan fingerprint density at radius 1 is 1.32 bits per heavy atom. The normalized spacial score (nSPS) is 27.4. The molecule has 0 atom stereocenters. The molecule has 19 heavy (non-hydrogen) atoms. The van der Waals surface area contributed by atoms with Crippen LogP contribution in [-0.2, 0) is 11.3 Å². The molecule has 0 bridgehead atoms. The van der Waals surface area contributed by atoms with E-state index >= 15 is 0 Å². The maximum absolute atomic E-state index is 13.4. The fourth-order valence-electron chi connectivity index (χ4n) is 2.54. The molecule has 0 aromatic heterocycles. The van der Waals surface area contributed by atoms with E-state index in [2.05, 4.69) is 0 Å². The maximum Gasteiger partial charge on any atom is 0.128 e. The summed E-state index contributed by atoms with van der Waals surface area (Å²) in [5.74, 6) is 0.224. The van der Waals surface area contributed by atoms with Gasteiger partial charge in [0, 0.05) is 18.7 Å². The Kier molecular flexibility index (Phi) is 4.91. The van der Waals surface area contributed by atoms with Crippen LogP contribution in [0.3, 0.4) is 0 Å². The van der Waals surface area contributed by atoms with E-state index < -0.39 is 5.60 Å². The zero-order valence-corrected chi connectivity index (χ0v) is 11.1. The second-order valence-electron chi connectivity index (χ2n) is 5.48. The number of hydrogen-bond donors (Lipinski definition) is 2. The number of ether oxygens (including phenoxy) is 1. The third kappa shape index (κ3) is 4.00. The van der Waals surface area contributed by atoms with Crippen molar-refractivity contribution < 1.29 is 14.2 Å². The average Bonchev–Trinajstić information content (AvgIpc) is 2.43. The lowest BCUT2D eigenvalue weighted by atomic mass is 9.79. The second-order valence-corrected chi connectivity index (χ2v) is 5.48. The number of rotatable bonds is 5. The maximum atomic E-state index is 13.4. The van der Waals surface area contributed by atoms with Gasteiger partial charge >= 0.3 is 0 Å². The van der Waals surface area contributed by atoms with Gasteiger partial charge in [-0.05, 0) is 37.7 Å². The first-order valence-corrected chi connectivity index (χ1v) is 6.86. The SMILES string of the molecule is NC[C@]1(O)CC[C@H](COCc2ccccc2F)CC1. The third-order valence-corrected chi connectivity index (χ3v) is 3.98. The number of hydrogen-bond acceptors (Lipinski definition) is 3. The first-order valence-electron chi connectivity index (χ1n) is 6.86. The summed E-state index contributed by atoms with van der Waals surface area (Å²) in [6.45, 7) is 1.26. The molecule has 0 saturated heterocycles. The minimum atomic E-state index is -0.679. The van der Waals surface area contributed by atoms with Crippen molar-refractivity contribution >= 4 is 0 Å². The van der Waals surface area contributed by atoms with Crippen molar-refractivity contribution in [3.63, 3.8) is 0 Å². The van der Waals surface area contributed by atoms with Gasteiger partial charge in [-0.1, -0.05) is 18.2 Å². The van der Waals surface area contributed by atoms with Crippen LogP contribution in [0, 0.1) is 11.7 Å². The van der Waals surface area contributed by atoms with E-state index in [0.29, 0.717) is 31.2 Å². The van der Waals surface area contributed by atoms with Crippen LogP contribution in [-0.4, -0.2) is 23.9 Å². The number of halogens is 1. The molecule has 0 heterocycles. The smallest absolute Gasteiger partial charge is 0.128 e. The van der Waals surface area contributed by atoms with Crippen LogP contribution < -0.4 is 5.73 Å². The molecule has 2 rings (SSSR count). The van der Waals surface area contributed by atoms with Crippen LogP contribution in [0.5, 0.6) is 0 Å². The first kappa shape index (κ1) is 14.4. The van der Waals surface area contributed by atoms with Crippen LogP contribution in [0.1, 0.15) is 31.2 Å². The van der Waals surface area contributed by atoms with Gasteiger partial charge in [0.15, 0.2) is 0 Å². The summed E-state index contributed by atoms with van der Waals surface area (Å²) in [7, 11) is 0. The van der Waals surface area contributed by atoms with Gasteiger partial charge < -0.3 is 15.6 Å². The van der Waals surface area contributed by atoms with Crippen LogP contribution in [0.2, 0.25) is 0 Å². The number of aliphatic hydroxyl groups is 1. The van der Waals surface area contributed by atoms with Gasteiger partial charge in [-0.25, -0.2) is 4.39 Å². The van der Waals surface area contributed by atoms with Gasteiger partial charge in [0.25, 0.3) is 0 Å². The molecule has 4 heteroatoms. The lowest BCUT2D eigenvalue weighted by molar-refractivity contribution is -0.0193. The Morgan fingerprint density at radius 3 is 2.63 bits per heavy atom. The average molecular weight is 267 g/mol. The first-order chi connectivity index (χ1) is 9.13. The molecule has 1 aliphatic carbocycles. The van der Waals surface area contributed by atoms with Crippen molar-refractivity contribution in [1.29, 1.82) is 0 Å². The van der Waals surface area contributed by atoms with Gasteiger partial charge in [0.2, 0.25) is 0 Å². The van der Waals surface area contributed by atoms with Gasteiger partial charge in [0.1, 0.15) is 5.82 Å². The minimum Gasteiger partial charge on any atom is -0.389 e. The van der Waals surface area contributed by atoms with E-state index in [4.69, 9.17) is 10.5 Å². The van der Waals surface area contributed by atoms with Crippen molar-refractivity contribution in [3.05, 3.63) is 35.6 Å². The quantitative estimate of drug-likeness (QED) is 0.860. The van der Waals surface area contributed by atoms with Gasteiger partial charge in [-0.15, -0.1) is 0 Å². The van der Waals surface area contributed by atoms with Crippen LogP contribution in [0.4, 0.5) is 4.39 Å². The molecule has 1 fully saturated rings. The molecule has 0 amide bonds. The molecule has 3 nitrogen and oxygen atoms in total. The summed E-state index contributed by atoms with van der Waals surface area (Å²) in [5.41, 5.74) is 5.47. The highest BCUT2D eigenvalue weighted by molar-refractivity contribution is 5.16. The monoisotopic (exact) mass is 267 g/mol. The van der Waals surface area contributed by atoms with Gasteiger partial charge in [-0.3, -0.25) is 0 Å². The Labute approximate surface area is 113 Å². The molecule has 0 radical (unpaired) electrons. The summed E-state index contributed by atoms with van der Waals surface area (Å²) in [6, 6.07) is 6.67. The van der Waals surface area contributed by atoms with E-state index in [1.54, 1.807) is 12.1 Å². The molecule has 0 aliphatic heterocycles. The van der Waals surface area contributed by atoms with E-state index in [1.165, 1.54) is 6.07 Å². The lowest BCUT2D eigenvalue weighted by Gasteiger charge is -2.34. The number of benzene rings is 1. The van der Waals surface area contributed by atoms with Crippen LogP contribution in [0.25, 0.3) is 0 Å². The number of nitrogens with two attached hydrogens (primary N) is 1. The van der Waals surface area contributed by atoms with Crippen LogP contribution >= 0.6 is 0 Å². The lowest BCUT2D eigenvalue weighted by Crippen LogP contribution is -2.41. The van der Waals surface area contributed by atoms with Gasteiger partial charge in [0.05, 0.1) is 12.2 Å². The highest BCUT2D eigenvalue weighted by Gasteiger charge is 2.31. The predicted octanol–water partition coefficient (Wildman–Crippen LogP) is 2.22. The standard InChI is InChI=1S/C15H22FNO2/c16-14-4-2-1-3-13(14)10-19-9-12-5-7-15(18,11-17)8-6-12/h1-4,12,18H,5-11,17H2/t12-,15-. The zero-order chi connectivity index (χ0) is 13.7. The van der Waals surface area contributed by atoms with E-state index in [-0.39, 0.29) is 5.82 Å². The Balaban J connectivity index is 1.72. The Hall–Kier alpha value is -0.970.